The van der Waals surface area contributed by atoms with E-state index in [2.05, 4.69) is 9.84 Å². The maximum Gasteiger partial charge on any atom is 0.338 e. The van der Waals surface area contributed by atoms with Gasteiger partial charge in [0.15, 0.2) is 0 Å². The molecule has 0 atom stereocenters. The van der Waals surface area contributed by atoms with Crippen molar-refractivity contribution in [1.29, 1.82) is 0 Å². The van der Waals surface area contributed by atoms with Gasteiger partial charge >= 0.3 is 11.9 Å². The van der Waals surface area contributed by atoms with E-state index in [1.807, 2.05) is 36.7 Å². The third kappa shape index (κ3) is 4.23. The number of ether oxygens (including phenoxy) is 2. The van der Waals surface area contributed by atoms with Crippen LogP contribution in [0.15, 0.2) is 54.6 Å². The maximum absolute atomic E-state index is 12.3. The van der Waals surface area contributed by atoms with Gasteiger partial charge in [-0.1, -0.05) is 12.1 Å². The van der Waals surface area contributed by atoms with E-state index >= 15 is 0 Å². The molecule has 0 amide bonds. The van der Waals surface area contributed by atoms with Crippen molar-refractivity contribution in [2.75, 3.05) is 7.11 Å². The molecule has 0 saturated carbocycles. The van der Waals surface area contributed by atoms with Crippen LogP contribution >= 0.6 is 0 Å². The first-order chi connectivity index (χ1) is 13.0. The first kappa shape index (κ1) is 18.4. The Bertz CT molecular complexity index is 974. The van der Waals surface area contributed by atoms with Gasteiger partial charge in [-0.15, -0.1) is 0 Å². The van der Waals surface area contributed by atoms with Crippen LogP contribution in [-0.4, -0.2) is 28.8 Å². The van der Waals surface area contributed by atoms with Gasteiger partial charge in [0.1, 0.15) is 6.61 Å². The van der Waals surface area contributed by atoms with Gasteiger partial charge in [-0.25, -0.2) is 14.3 Å². The molecule has 3 rings (SSSR count). The van der Waals surface area contributed by atoms with E-state index in [0.717, 1.165) is 17.1 Å². The minimum atomic E-state index is -0.432. The Balaban J connectivity index is 1.66. The molecule has 138 valence electrons. The summed E-state index contributed by atoms with van der Waals surface area (Å²) in [6.07, 6.45) is 0. The second-order valence-electron chi connectivity index (χ2n) is 6.15. The Morgan fingerprint density at radius 2 is 1.70 bits per heavy atom. The first-order valence-electron chi connectivity index (χ1n) is 8.46. The van der Waals surface area contributed by atoms with Crippen LogP contribution in [0.2, 0.25) is 0 Å². The van der Waals surface area contributed by atoms with Gasteiger partial charge in [-0.3, -0.25) is 0 Å². The standard InChI is InChI=1S/C21H20N2O4/c1-14-11-15(2)23(22-14)19-9-7-17(8-10-19)21(25)27-13-16-5-4-6-18(12-16)20(24)26-3/h4-12H,13H2,1-3H3. The molecule has 6 heteroatoms. The quantitative estimate of drug-likeness (QED) is 0.647. The lowest BCUT2D eigenvalue weighted by Gasteiger charge is -2.08. The summed E-state index contributed by atoms with van der Waals surface area (Å²) in [7, 11) is 1.32. The molecule has 1 aromatic heterocycles. The molecular formula is C21H20N2O4. The molecule has 0 unspecified atom stereocenters. The number of hydrogen-bond acceptors (Lipinski definition) is 5. The van der Waals surface area contributed by atoms with Crippen molar-refractivity contribution in [2.24, 2.45) is 0 Å². The molecule has 6 nitrogen and oxygen atoms in total. The Morgan fingerprint density at radius 1 is 0.963 bits per heavy atom. The Hall–Kier alpha value is -3.41. The number of methoxy groups -OCH3 is 1. The maximum atomic E-state index is 12.3. The van der Waals surface area contributed by atoms with Gasteiger partial charge in [0.2, 0.25) is 0 Å². The number of carbonyl (C=O) groups excluding carboxylic acids is 2. The lowest BCUT2D eigenvalue weighted by molar-refractivity contribution is 0.0472. The van der Waals surface area contributed by atoms with Crippen molar-refractivity contribution in [1.82, 2.24) is 9.78 Å². The molecule has 3 aromatic rings. The fourth-order valence-electron chi connectivity index (χ4n) is 2.77. The number of benzene rings is 2. The monoisotopic (exact) mass is 364 g/mol. The summed E-state index contributed by atoms with van der Waals surface area (Å²) in [5, 5.41) is 4.42. The number of carbonyl (C=O) groups is 2. The van der Waals surface area contributed by atoms with Gasteiger partial charge in [-0.2, -0.15) is 5.10 Å². The number of aryl methyl sites for hydroxylation is 2. The minimum absolute atomic E-state index is 0.0723. The number of aromatic nitrogens is 2. The van der Waals surface area contributed by atoms with E-state index in [1.165, 1.54) is 7.11 Å². The Morgan fingerprint density at radius 3 is 2.33 bits per heavy atom. The predicted octanol–water partition coefficient (Wildman–Crippen LogP) is 3.63. The van der Waals surface area contributed by atoms with E-state index in [-0.39, 0.29) is 6.61 Å². The number of esters is 2. The molecule has 0 aliphatic rings. The molecule has 0 radical (unpaired) electrons. The summed E-state index contributed by atoms with van der Waals surface area (Å²) in [6, 6.07) is 15.9. The molecule has 1 heterocycles. The molecule has 2 aromatic carbocycles. The highest BCUT2D eigenvalue weighted by molar-refractivity contribution is 5.90. The third-order valence-electron chi connectivity index (χ3n) is 4.08. The molecule has 0 aliphatic carbocycles. The van der Waals surface area contributed by atoms with Gasteiger partial charge in [0.05, 0.1) is 29.6 Å². The van der Waals surface area contributed by atoms with Crippen LogP contribution in [0.1, 0.15) is 37.7 Å². The molecule has 0 bridgehead atoms. The minimum Gasteiger partial charge on any atom is -0.465 e. The van der Waals surface area contributed by atoms with E-state index in [1.54, 1.807) is 36.4 Å². The zero-order chi connectivity index (χ0) is 19.4. The van der Waals surface area contributed by atoms with Gasteiger partial charge in [0, 0.05) is 5.69 Å². The van der Waals surface area contributed by atoms with E-state index in [9.17, 15) is 9.59 Å². The molecule has 0 spiro atoms. The molecule has 0 fully saturated rings. The van der Waals surface area contributed by atoms with E-state index in [4.69, 9.17) is 4.74 Å². The highest BCUT2D eigenvalue weighted by Gasteiger charge is 2.11. The fourth-order valence-corrected chi connectivity index (χ4v) is 2.77. The molecular weight excluding hydrogens is 344 g/mol. The van der Waals surface area contributed by atoms with Crippen LogP contribution in [0.5, 0.6) is 0 Å². The van der Waals surface area contributed by atoms with Crippen LogP contribution in [0.25, 0.3) is 5.69 Å². The lowest BCUT2D eigenvalue weighted by atomic mass is 10.1. The number of rotatable bonds is 5. The zero-order valence-corrected chi connectivity index (χ0v) is 15.4. The second kappa shape index (κ2) is 7.86. The van der Waals surface area contributed by atoms with Crippen molar-refractivity contribution < 1.29 is 19.1 Å². The second-order valence-corrected chi connectivity index (χ2v) is 6.15. The van der Waals surface area contributed by atoms with Crippen LogP contribution in [0, 0.1) is 13.8 Å². The highest BCUT2D eigenvalue weighted by Crippen LogP contribution is 2.15. The molecule has 0 aliphatic heterocycles. The van der Waals surface area contributed by atoms with Crippen LogP contribution in [0.4, 0.5) is 0 Å². The van der Waals surface area contributed by atoms with Gasteiger partial charge in [-0.05, 0) is 61.9 Å². The van der Waals surface area contributed by atoms with E-state index < -0.39 is 11.9 Å². The van der Waals surface area contributed by atoms with Crippen molar-refractivity contribution in [2.45, 2.75) is 20.5 Å². The summed E-state index contributed by atoms with van der Waals surface area (Å²) in [4.78, 5) is 23.8. The van der Waals surface area contributed by atoms with Crippen molar-refractivity contribution >= 4 is 11.9 Å². The average molecular weight is 364 g/mol. The Kier molecular flexibility index (Phi) is 5.35. The summed E-state index contributed by atoms with van der Waals surface area (Å²) < 4.78 is 11.9. The fraction of sp³-hybridized carbons (Fsp3) is 0.190. The first-order valence-corrected chi connectivity index (χ1v) is 8.46. The van der Waals surface area contributed by atoms with Crippen LogP contribution < -0.4 is 0 Å². The van der Waals surface area contributed by atoms with Gasteiger partial charge < -0.3 is 9.47 Å². The number of nitrogens with zero attached hydrogens (tertiary/aromatic N) is 2. The summed E-state index contributed by atoms with van der Waals surface area (Å²) >= 11 is 0. The lowest BCUT2D eigenvalue weighted by Crippen LogP contribution is -2.07. The number of hydrogen-bond donors (Lipinski definition) is 0. The van der Waals surface area contributed by atoms with E-state index in [0.29, 0.717) is 16.7 Å². The summed E-state index contributed by atoms with van der Waals surface area (Å²) in [5.74, 6) is -0.860. The van der Waals surface area contributed by atoms with Gasteiger partial charge in [0.25, 0.3) is 0 Å². The largest absolute Gasteiger partial charge is 0.465 e. The van der Waals surface area contributed by atoms with Crippen LogP contribution in [-0.2, 0) is 16.1 Å². The van der Waals surface area contributed by atoms with Crippen molar-refractivity contribution in [3.05, 3.63) is 82.7 Å². The van der Waals surface area contributed by atoms with Crippen LogP contribution in [0.3, 0.4) is 0 Å². The molecule has 0 saturated heterocycles. The third-order valence-corrected chi connectivity index (χ3v) is 4.08. The predicted molar refractivity (Wildman–Crippen MR) is 99.9 cm³/mol. The highest BCUT2D eigenvalue weighted by atomic mass is 16.5. The average Bonchev–Trinajstić information content (AvgIpc) is 3.03. The molecule has 27 heavy (non-hydrogen) atoms. The molecule has 0 N–H and O–H groups in total. The Labute approximate surface area is 157 Å². The normalized spacial score (nSPS) is 10.5. The topological polar surface area (TPSA) is 70.4 Å². The smallest absolute Gasteiger partial charge is 0.338 e. The van der Waals surface area contributed by atoms with Crippen molar-refractivity contribution in [3.8, 4) is 5.69 Å². The summed E-state index contributed by atoms with van der Waals surface area (Å²) in [5.41, 5.74) is 4.41. The summed E-state index contributed by atoms with van der Waals surface area (Å²) in [6.45, 7) is 3.98. The SMILES string of the molecule is COC(=O)c1cccc(COC(=O)c2ccc(-n3nc(C)cc3C)cc2)c1. The van der Waals surface area contributed by atoms with Crippen molar-refractivity contribution in [3.63, 3.8) is 0 Å². The zero-order valence-electron chi connectivity index (χ0n) is 15.4.